The first-order valence-electron chi connectivity index (χ1n) is 11.0. The summed E-state index contributed by atoms with van der Waals surface area (Å²) in [5.74, 6) is -0.820. The second-order valence-electron chi connectivity index (χ2n) is 8.28. The highest BCUT2D eigenvalue weighted by Crippen LogP contribution is 2.30. The maximum Gasteiger partial charge on any atom is 0.258 e. The lowest BCUT2D eigenvalue weighted by atomic mass is 10.1. The van der Waals surface area contributed by atoms with Crippen LogP contribution in [-0.2, 0) is 14.8 Å². The Morgan fingerprint density at radius 1 is 0.886 bits per heavy atom. The summed E-state index contributed by atoms with van der Waals surface area (Å²) in [5.41, 5.74) is 2.99. The number of rotatable bonds is 4. The summed E-state index contributed by atoms with van der Waals surface area (Å²) in [6, 6.07) is 19.9. The fourth-order valence-corrected chi connectivity index (χ4v) is 5.74. The minimum absolute atomic E-state index is 0.0803. The van der Waals surface area contributed by atoms with Crippen molar-refractivity contribution in [1.29, 1.82) is 0 Å². The number of carbonyl (C=O) groups is 3. The van der Waals surface area contributed by atoms with Crippen molar-refractivity contribution >= 4 is 50.5 Å². The van der Waals surface area contributed by atoms with Gasteiger partial charge in [0.1, 0.15) is 6.54 Å². The first kappa shape index (κ1) is 22.6. The average molecular weight is 491 g/mol. The van der Waals surface area contributed by atoms with Crippen LogP contribution in [0.1, 0.15) is 27.1 Å². The number of benzene rings is 3. The molecule has 10 heteroatoms. The van der Waals surface area contributed by atoms with E-state index in [-0.39, 0.29) is 30.0 Å². The molecule has 3 amide bonds. The molecule has 0 aromatic heterocycles. The topological polar surface area (TPSA) is 116 Å². The first-order valence-corrected chi connectivity index (χ1v) is 12.7. The van der Waals surface area contributed by atoms with Crippen LogP contribution in [0.15, 0.2) is 72.8 Å². The second-order valence-corrected chi connectivity index (χ2v) is 10.3. The molecule has 9 nitrogen and oxygen atoms in total. The van der Waals surface area contributed by atoms with Gasteiger partial charge in [-0.1, -0.05) is 12.1 Å². The third-order valence-electron chi connectivity index (χ3n) is 5.92. The van der Waals surface area contributed by atoms with Gasteiger partial charge in [-0.3, -0.25) is 23.6 Å². The van der Waals surface area contributed by atoms with Crippen LogP contribution in [-0.4, -0.2) is 45.0 Å². The van der Waals surface area contributed by atoms with Gasteiger partial charge >= 0.3 is 0 Å². The van der Waals surface area contributed by atoms with Crippen molar-refractivity contribution in [1.82, 2.24) is 0 Å². The van der Waals surface area contributed by atoms with Crippen molar-refractivity contribution in [3.05, 3.63) is 83.9 Å². The zero-order valence-corrected chi connectivity index (χ0v) is 19.4. The molecule has 3 aromatic rings. The molecule has 2 aliphatic rings. The molecule has 1 fully saturated rings. The number of hydrogen-bond donors (Lipinski definition) is 2. The zero-order valence-electron chi connectivity index (χ0n) is 18.6. The van der Waals surface area contributed by atoms with Crippen molar-refractivity contribution in [2.45, 2.75) is 6.42 Å². The molecule has 35 heavy (non-hydrogen) atoms. The van der Waals surface area contributed by atoms with Crippen LogP contribution in [0.2, 0.25) is 0 Å². The van der Waals surface area contributed by atoms with Crippen LogP contribution in [0, 0.1) is 0 Å². The molecule has 0 atom stereocenters. The van der Waals surface area contributed by atoms with E-state index in [1.807, 2.05) is 0 Å². The number of hydrogen-bond acceptors (Lipinski definition) is 5. The standard InChI is InChI=1S/C25H22N4O5S/c30-23-16-28(22-5-2-1-4-21(22)27-23)25(32)18-6-10-19(11-7-18)26-24(31)17-8-12-20(13-9-17)29-14-3-15-35(29,33)34/h1-2,4-13H,3,14-16H2,(H,26,31)(H,27,30). The summed E-state index contributed by atoms with van der Waals surface area (Å²) < 4.78 is 25.5. The van der Waals surface area contributed by atoms with E-state index in [4.69, 9.17) is 0 Å². The Morgan fingerprint density at radius 2 is 1.57 bits per heavy atom. The van der Waals surface area contributed by atoms with Gasteiger partial charge in [0.25, 0.3) is 11.8 Å². The van der Waals surface area contributed by atoms with Gasteiger partial charge in [0.2, 0.25) is 15.9 Å². The first-order chi connectivity index (χ1) is 16.8. The van der Waals surface area contributed by atoms with E-state index < -0.39 is 10.0 Å². The van der Waals surface area contributed by atoms with Crippen LogP contribution in [0.25, 0.3) is 0 Å². The summed E-state index contributed by atoms with van der Waals surface area (Å²) in [7, 11) is -3.28. The molecule has 3 aromatic carbocycles. The van der Waals surface area contributed by atoms with Crippen molar-refractivity contribution < 1.29 is 22.8 Å². The van der Waals surface area contributed by atoms with Crippen molar-refractivity contribution in [2.75, 3.05) is 38.7 Å². The van der Waals surface area contributed by atoms with Crippen LogP contribution in [0.3, 0.4) is 0 Å². The van der Waals surface area contributed by atoms with Crippen LogP contribution < -0.4 is 19.8 Å². The number of anilines is 4. The van der Waals surface area contributed by atoms with Gasteiger partial charge in [-0.05, 0) is 67.1 Å². The number of nitrogens with zero attached hydrogens (tertiary/aromatic N) is 2. The Morgan fingerprint density at radius 3 is 2.26 bits per heavy atom. The Balaban J connectivity index is 1.27. The van der Waals surface area contributed by atoms with Gasteiger partial charge in [0.15, 0.2) is 0 Å². The second kappa shape index (κ2) is 8.88. The van der Waals surface area contributed by atoms with Gasteiger partial charge in [-0.2, -0.15) is 0 Å². The van der Waals surface area contributed by atoms with Crippen molar-refractivity contribution in [3.8, 4) is 0 Å². The van der Waals surface area contributed by atoms with Crippen LogP contribution in [0.5, 0.6) is 0 Å². The lowest BCUT2D eigenvalue weighted by molar-refractivity contribution is -0.115. The number of para-hydroxylation sites is 2. The molecular formula is C25H22N4O5S. The van der Waals surface area contributed by atoms with Gasteiger partial charge in [-0.25, -0.2) is 8.42 Å². The summed E-state index contributed by atoms with van der Waals surface area (Å²) in [6.45, 7) is 0.357. The normalized spacial score (nSPS) is 16.4. The fourth-order valence-electron chi connectivity index (χ4n) is 4.18. The van der Waals surface area contributed by atoms with Crippen LogP contribution in [0.4, 0.5) is 22.7 Å². The van der Waals surface area contributed by atoms with E-state index in [1.165, 1.54) is 9.21 Å². The highest BCUT2D eigenvalue weighted by molar-refractivity contribution is 7.93. The third kappa shape index (κ3) is 4.47. The van der Waals surface area contributed by atoms with E-state index in [0.717, 1.165) is 0 Å². The quantitative estimate of drug-likeness (QED) is 0.583. The molecule has 2 N–H and O–H groups in total. The van der Waals surface area contributed by atoms with Crippen molar-refractivity contribution in [3.63, 3.8) is 0 Å². The molecule has 178 valence electrons. The third-order valence-corrected chi connectivity index (χ3v) is 7.79. The monoisotopic (exact) mass is 490 g/mol. The number of amides is 3. The van der Waals surface area contributed by atoms with E-state index in [0.29, 0.717) is 46.8 Å². The predicted octanol–water partition coefficient (Wildman–Crippen LogP) is 3.08. The number of nitrogens with one attached hydrogen (secondary N) is 2. The smallest absolute Gasteiger partial charge is 0.258 e. The lowest BCUT2D eigenvalue weighted by Crippen LogP contribution is -2.42. The minimum atomic E-state index is -3.28. The van der Waals surface area contributed by atoms with Crippen LogP contribution >= 0.6 is 0 Å². The van der Waals surface area contributed by atoms with Gasteiger partial charge in [0, 0.05) is 23.4 Å². The Labute approximate surface area is 202 Å². The van der Waals surface area contributed by atoms with Gasteiger partial charge < -0.3 is 10.6 Å². The fraction of sp³-hybridized carbons (Fsp3) is 0.160. The van der Waals surface area contributed by atoms with E-state index in [9.17, 15) is 22.8 Å². The van der Waals surface area contributed by atoms with E-state index in [1.54, 1.807) is 72.8 Å². The molecule has 0 aliphatic carbocycles. The summed E-state index contributed by atoms with van der Waals surface area (Å²) >= 11 is 0. The molecule has 0 bridgehead atoms. The van der Waals surface area contributed by atoms with Crippen molar-refractivity contribution in [2.24, 2.45) is 0 Å². The number of sulfonamides is 1. The van der Waals surface area contributed by atoms with Gasteiger partial charge in [-0.15, -0.1) is 0 Å². The highest BCUT2D eigenvalue weighted by atomic mass is 32.2. The largest absolute Gasteiger partial charge is 0.323 e. The maximum absolute atomic E-state index is 13.1. The average Bonchev–Trinajstić information content (AvgIpc) is 3.22. The molecule has 0 spiro atoms. The molecular weight excluding hydrogens is 468 g/mol. The molecule has 0 saturated carbocycles. The number of carbonyl (C=O) groups excluding carboxylic acids is 3. The highest BCUT2D eigenvalue weighted by Gasteiger charge is 2.29. The molecule has 5 rings (SSSR count). The molecule has 0 radical (unpaired) electrons. The van der Waals surface area contributed by atoms with Gasteiger partial charge in [0.05, 0.1) is 22.8 Å². The Hall–Kier alpha value is -4.18. The molecule has 1 saturated heterocycles. The molecule has 0 unspecified atom stereocenters. The Bertz CT molecular complexity index is 1420. The van der Waals surface area contributed by atoms with E-state index >= 15 is 0 Å². The zero-order chi connectivity index (χ0) is 24.6. The molecule has 2 heterocycles. The maximum atomic E-state index is 13.1. The number of fused-ring (bicyclic) bond motifs is 1. The Kier molecular flexibility index (Phi) is 5.73. The summed E-state index contributed by atoms with van der Waals surface area (Å²) in [5, 5.41) is 5.52. The predicted molar refractivity (Wildman–Crippen MR) is 133 cm³/mol. The summed E-state index contributed by atoms with van der Waals surface area (Å²) in [6.07, 6.45) is 0.584. The summed E-state index contributed by atoms with van der Waals surface area (Å²) in [4.78, 5) is 39.2. The lowest BCUT2D eigenvalue weighted by Gasteiger charge is -2.29. The van der Waals surface area contributed by atoms with E-state index in [2.05, 4.69) is 10.6 Å². The SMILES string of the molecule is O=C1CN(C(=O)c2ccc(NC(=O)c3ccc(N4CCCS4(=O)=O)cc3)cc2)c2ccccc2N1. The minimum Gasteiger partial charge on any atom is -0.323 e. The molecule has 2 aliphatic heterocycles.